The number of ether oxygens (including phenoxy) is 3. The second kappa shape index (κ2) is 8.73. The zero-order valence-electron chi connectivity index (χ0n) is 17.0. The van der Waals surface area contributed by atoms with Crippen molar-refractivity contribution in [2.24, 2.45) is 5.92 Å². The molecule has 2 aromatic rings. The van der Waals surface area contributed by atoms with Crippen molar-refractivity contribution in [1.82, 2.24) is 20.3 Å². The van der Waals surface area contributed by atoms with Crippen molar-refractivity contribution in [3.63, 3.8) is 0 Å². The molecule has 4 atom stereocenters. The highest BCUT2D eigenvalue weighted by Gasteiger charge is 2.49. The average Bonchev–Trinajstić information content (AvgIpc) is 3.51. The molecule has 8 heteroatoms. The smallest absolute Gasteiger partial charge is 0.223 e. The fourth-order valence-corrected chi connectivity index (χ4v) is 4.71. The maximum absolute atomic E-state index is 12.6. The van der Waals surface area contributed by atoms with E-state index in [9.17, 15) is 4.79 Å². The van der Waals surface area contributed by atoms with Gasteiger partial charge in [0.1, 0.15) is 36.3 Å². The summed E-state index contributed by atoms with van der Waals surface area (Å²) in [5.41, 5.74) is 0.752. The van der Waals surface area contributed by atoms with Gasteiger partial charge in [0, 0.05) is 5.92 Å². The van der Waals surface area contributed by atoms with Crippen molar-refractivity contribution >= 4 is 5.91 Å². The number of para-hydroxylation sites is 1. The molecule has 0 spiro atoms. The van der Waals surface area contributed by atoms with E-state index < -0.39 is 0 Å². The SMILES string of the molecule is O=C(NC1COC2C1OCC2n1cc(COc2ccccc2)nn1)C1CCCCC1. The molecule has 1 aliphatic carbocycles. The minimum atomic E-state index is -0.143. The molecule has 1 saturated carbocycles. The topological polar surface area (TPSA) is 87.5 Å². The maximum atomic E-state index is 12.6. The monoisotopic (exact) mass is 412 g/mol. The van der Waals surface area contributed by atoms with Crippen molar-refractivity contribution < 1.29 is 19.0 Å². The summed E-state index contributed by atoms with van der Waals surface area (Å²) in [6.45, 7) is 1.32. The summed E-state index contributed by atoms with van der Waals surface area (Å²) < 4.78 is 19.6. The summed E-state index contributed by atoms with van der Waals surface area (Å²) in [6.07, 6.45) is 7.12. The Labute approximate surface area is 175 Å². The molecule has 4 unspecified atom stereocenters. The number of aromatic nitrogens is 3. The van der Waals surface area contributed by atoms with Crippen LogP contribution in [0, 0.1) is 5.92 Å². The summed E-state index contributed by atoms with van der Waals surface area (Å²) in [5.74, 6) is 1.08. The fourth-order valence-electron chi connectivity index (χ4n) is 4.71. The molecular formula is C22H28N4O4. The van der Waals surface area contributed by atoms with Crippen molar-refractivity contribution in [2.75, 3.05) is 13.2 Å². The zero-order chi connectivity index (χ0) is 20.3. The highest BCUT2D eigenvalue weighted by Crippen LogP contribution is 2.34. The normalized spacial score (nSPS) is 28.9. The second-order valence-corrected chi connectivity index (χ2v) is 8.40. The number of carbonyl (C=O) groups excluding carboxylic acids is 1. The first-order valence-electron chi connectivity index (χ1n) is 10.9. The number of nitrogens with one attached hydrogen (secondary N) is 1. The number of amides is 1. The number of nitrogens with zero attached hydrogens (tertiary/aromatic N) is 3. The molecule has 3 fully saturated rings. The van der Waals surface area contributed by atoms with Crippen molar-refractivity contribution in [1.29, 1.82) is 0 Å². The van der Waals surface area contributed by atoms with Crippen LogP contribution in [0.1, 0.15) is 43.8 Å². The molecule has 3 heterocycles. The van der Waals surface area contributed by atoms with Crippen LogP contribution in [0.4, 0.5) is 0 Å². The van der Waals surface area contributed by atoms with Gasteiger partial charge < -0.3 is 19.5 Å². The van der Waals surface area contributed by atoms with Gasteiger partial charge in [0.15, 0.2) is 0 Å². The molecule has 2 saturated heterocycles. The lowest BCUT2D eigenvalue weighted by molar-refractivity contribution is -0.127. The van der Waals surface area contributed by atoms with Crippen LogP contribution in [0.5, 0.6) is 5.75 Å². The van der Waals surface area contributed by atoms with E-state index >= 15 is 0 Å². The molecule has 8 nitrogen and oxygen atoms in total. The molecule has 1 amide bonds. The number of hydrogen-bond acceptors (Lipinski definition) is 6. The molecule has 0 bridgehead atoms. The van der Waals surface area contributed by atoms with Gasteiger partial charge in [0.05, 0.1) is 25.5 Å². The van der Waals surface area contributed by atoms with Crippen LogP contribution < -0.4 is 10.1 Å². The van der Waals surface area contributed by atoms with E-state index in [2.05, 4.69) is 15.6 Å². The third-order valence-electron chi connectivity index (χ3n) is 6.36. The van der Waals surface area contributed by atoms with Crippen LogP contribution >= 0.6 is 0 Å². The van der Waals surface area contributed by atoms with Crippen LogP contribution in [0.25, 0.3) is 0 Å². The molecule has 30 heavy (non-hydrogen) atoms. The fraction of sp³-hybridized carbons (Fsp3) is 0.591. The predicted octanol–water partition coefficient (Wildman–Crippen LogP) is 2.26. The van der Waals surface area contributed by atoms with Crippen LogP contribution in [-0.2, 0) is 20.9 Å². The molecule has 160 valence electrons. The van der Waals surface area contributed by atoms with Gasteiger partial charge in [-0.15, -0.1) is 5.10 Å². The number of rotatable bonds is 6. The van der Waals surface area contributed by atoms with Crippen LogP contribution in [0.15, 0.2) is 36.5 Å². The van der Waals surface area contributed by atoms with E-state index in [1.807, 2.05) is 36.5 Å². The number of fused-ring (bicyclic) bond motifs is 1. The molecule has 1 N–H and O–H groups in total. The zero-order valence-corrected chi connectivity index (χ0v) is 17.0. The van der Waals surface area contributed by atoms with Gasteiger partial charge in [0.25, 0.3) is 0 Å². The Morgan fingerprint density at radius 1 is 1.10 bits per heavy atom. The Bertz CT molecular complexity index is 852. The molecule has 3 aliphatic rings. The van der Waals surface area contributed by atoms with Crippen LogP contribution in [0.3, 0.4) is 0 Å². The quantitative estimate of drug-likeness (QED) is 0.783. The minimum Gasteiger partial charge on any atom is -0.487 e. The maximum Gasteiger partial charge on any atom is 0.223 e. The molecule has 5 rings (SSSR count). The predicted molar refractivity (Wildman–Crippen MR) is 108 cm³/mol. The van der Waals surface area contributed by atoms with Gasteiger partial charge in [-0.2, -0.15) is 0 Å². The first-order chi connectivity index (χ1) is 14.8. The first-order valence-corrected chi connectivity index (χ1v) is 10.9. The van der Waals surface area contributed by atoms with Gasteiger partial charge in [-0.05, 0) is 25.0 Å². The Hall–Kier alpha value is -2.45. The Kier molecular flexibility index (Phi) is 5.68. The highest BCUT2D eigenvalue weighted by molar-refractivity contribution is 5.79. The van der Waals surface area contributed by atoms with Crippen LogP contribution in [0.2, 0.25) is 0 Å². The average molecular weight is 412 g/mol. The van der Waals surface area contributed by atoms with E-state index in [4.69, 9.17) is 14.2 Å². The summed E-state index contributed by atoms with van der Waals surface area (Å²) in [5, 5.41) is 11.7. The van der Waals surface area contributed by atoms with E-state index in [1.165, 1.54) is 6.42 Å². The third-order valence-corrected chi connectivity index (χ3v) is 6.36. The standard InChI is InChI=1S/C22H28N4O4/c27-22(15-7-3-1-4-8-15)23-18-13-29-21-19(14-30-20(18)21)26-11-16(24-25-26)12-28-17-9-5-2-6-10-17/h2,5-6,9-11,15,18-21H,1,3-4,7-8,12-14H2,(H,23,27). The Morgan fingerprint density at radius 2 is 1.90 bits per heavy atom. The second-order valence-electron chi connectivity index (χ2n) is 8.40. The van der Waals surface area contributed by atoms with E-state index in [0.717, 1.165) is 37.1 Å². The first kappa shape index (κ1) is 19.5. The molecular weight excluding hydrogens is 384 g/mol. The lowest BCUT2D eigenvalue weighted by Crippen LogP contribution is -2.46. The van der Waals surface area contributed by atoms with Gasteiger partial charge in [-0.25, -0.2) is 4.68 Å². The summed E-state index contributed by atoms with van der Waals surface area (Å²) in [7, 11) is 0. The van der Waals surface area contributed by atoms with E-state index in [-0.39, 0.29) is 36.1 Å². The lowest BCUT2D eigenvalue weighted by atomic mass is 9.88. The van der Waals surface area contributed by atoms with E-state index in [0.29, 0.717) is 19.8 Å². The highest BCUT2D eigenvalue weighted by atomic mass is 16.6. The van der Waals surface area contributed by atoms with Crippen molar-refractivity contribution in [3.05, 3.63) is 42.2 Å². The number of hydrogen-bond donors (Lipinski definition) is 1. The largest absolute Gasteiger partial charge is 0.487 e. The van der Waals surface area contributed by atoms with Gasteiger partial charge in [-0.1, -0.05) is 42.7 Å². The van der Waals surface area contributed by atoms with Crippen LogP contribution in [-0.4, -0.2) is 52.4 Å². The third kappa shape index (κ3) is 4.06. The number of carbonyl (C=O) groups is 1. The molecule has 2 aliphatic heterocycles. The molecule has 1 aromatic heterocycles. The van der Waals surface area contributed by atoms with Gasteiger partial charge in [-0.3, -0.25) is 4.79 Å². The van der Waals surface area contributed by atoms with Gasteiger partial charge in [0.2, 0.25) is 5.91 Å². The van der Waals surface area contributed by atoms with Crippen molar-refractivity contribution in [3.8, 4) is 5.75 Å². The summed E-state index contributed by atoms with van der Waals surface area (Å²) in [6, 6.07) is 9.49. The molecule has 1 aromatic carbocycles. The summed E-state index contributed by atoms with van der Waals surface area (Å²) in [4.78, 5) is 12.6. The summed E-state index contributed by atoms with van der Waals surface area (Å²) >= 11 is 0. The van der Waals surface area contributed by atoms with Gasteiger partial charge >= 0.3 is 0 Å². The lowest BCUT2D eigenvalue weighted by Gasteiger charge is -2.24. The number of benzene rings is 1. The van der Waals surface area contributed by atoms with E-state index in [1.54, 1.807) is 4.68 Å². The Balaban J connectivity index is 1.17. The van der Waals surface area contributed by atoms with Crippen molar-refractivity contribution in [2.45, 2.75) is 63.0 Å². The Morgan fingerprint density at radius 3 is 2.73 bits per heavy atom. The molecule has 0 radical (unpaired) electrons. The minimum absolute atomic E-state index is 0.0513.